The fraction of sp³-hybridized carbons (Fsp3) is 0.242. The lowest BCUT2D eigenvalue weighted by molar-refractivity contribution is -0.117. The fourth-order valence-electron chi connectivity index (χ4n) is 4.78. The number of ether oxygens (including phenoxy) is 2. The van der Waals surface area contributed by atoms with Gasteiger partial charge in [0.1, 0.15) is 5.82 Å². The first-order chi connectivity index (χ1) is 19.4. The molecule has 0 heterocycles. The van der Waals surface area contributed by atoms with Crippen LogP contribution in [0.25, 0.3) is 0 Å². The molecule has 0 radical (unpaired) electrons. The lowest BCUT2D eigenvalue weighted by Crippen LogP contribution is -2.30. The molecule has 0 aromatic heterocycles. The maximum atomic E-state index is 13.9. The summed E-state index contributed by atoms with van der Waals surface area (Å²) in [6.07, 6.45) is 0.889. The highest BCUT2D eigenvalue weighted by Crippen LogP contribution is 2.29. The molecule has 0 spiro atoms. The molecule has 0 unspecified atom stereocenters. The Morgan fingerprint density at radius 2 is 1.55 bits per heavy atom. The van der Waals surface area contributed by atoms with Crippen LogP contribution in [-0.2, 0) is 17.8 Å². The van der Waals surface area contributed by atoms with E-state index in [1.807, 2.05) is 18.2 Å². The molecule has 4 aromatic rings. The Kier molecular flexibility index (Phi) is 10.6. The van der Waals surface area contributed by atoms with Crippen LogP contribution in [0.15, 0.2) is 97.1 Å². The standard InChI is InChI=1S/C33H34ClFN2O3/c1-39-32-20-24(21-33(36)38)14-16-31(32)40-18-8-17-37(22-25-13-15-30(35)29(34)19-25)23-28(26-9-4-2-5-10-26)27-11-6-3-7-12-27/h2-7,9-16,19-20,28H,8,17-18,21-23H2,1H3,(H2,36,38). The van der Waals surface area contributed by atoms with Crippen LogP contribution in [0, 0.1) is 5.82 Å². The molecule has 0 aliphatic rings. The molecule has 1 amide bonds. The Hall–Kier alpha value is -3.87. The average Bonchev–Trinajstić information content (AvgIpc) is 2.96. The van der Waals surface area contributed by atoms with Crippen LogP contribution in [0.2, 0.25) is 5.02 Å². The smallest absolute Gasteiger partial charge is 0.221 e. The lowest BCUT2D eigenvalue weighted by atomic mass is 9.90. The third-order valence-electron chi connectivity index (χ3n) is 6.72. The third kappa shape index (κ3) is 8.31. The molecule has 0 bridgehead atoms. The van der Waals surface area contributed by atoms with Crippen LogP contribution in [0.5, 0.6) is 11.5 Å². The number of amides is 1. The van der Waals surface area contributed by atoms with Crippen molar-refractivity contribution in [3.8, 4) is 11.5 Å². The number of hydrogen-bond acceptors (Lipinski definition) is 4. The van der Waals surface area contributed by atoms with Gasteiger partial charge in [-0.25, -0.2) is 4.39 Å². The predicted octanol–water partition coefficient (Wildman–Crippen LogP) is 6.62. The van der Waals surface area contributed by atoms with Crippen LogP contribution in [0.3, 0.4) is 0 Å². The first kappa shape index (κ1) is 29.1. The van der Waals surface area contributed by atoms with Crippen LogP contribution in [-0.4, -0.2) is 37.6 Å². The molecule has 40 heavy (non-hydrogen) atoms. The average molecular weight is 561 g/mol. The molecule has 2 N–H and O–H groups in total. The first-order valence-electron chi connectivity index (χ1n) is 13.3. The largest absolute Gasteiger partial charge is 0.493 e. The number of carbonyl (C=O) groups is 1. The summed E-state index contributed by atoms with van der Waals surface area (Å²) in [4.78, 5) is 13.6. The quantitative estimate of drug-likeness (QED) is 0.176. The fourth-order valence-corrected chi connectivity index (χ4v) is 4.98. The van der Waals surface area contributed by atoms with Crippen molar-refractivity contribution in [2.24, 2.45) is 5.73 Å². The minimum absolute atomic E-state index is 0.121. The summed E-state index contributed by atoms with van der Waals surface area (Å²) in [7, 11) is 1.57. The first-order valence-corrected chi connectivity index (χ1v) is 13.6. The zero-order chi connectivity index (χ0) is 28.3. The summed E-state index contributed by atoms with van der Waals surface area (Å²) in [5.74, 6) is 0.496. The number of carbonyl (C=O) groups excluding carboxylic acids is 1. The second-order valence-corrected chi connectivity index (χ2v) is 10.1. The Bertz CT molecular complexity index is 1350. The van der Waals surface area contributed by atoms with Crippen molar-refractivity contribution in [2.75, 3.05) is 26.8 Å². The second-order valence-electron chi connectivity index (χ2n) is 9.69. The van der Waals surface area contributed by atoms with Crippen LogP contribution in [0.4, 0.5) is 4.39 Å². The highest BCUT2D eigenvalue weighted by molar-refractivity contribution is 6.30. The molecule has 4 rings (SSSR count). The lowest BCUT2D eigenvalue weighted by Gasteiger charge is -2.28. The molecule has 0 saturated carbocycles. The maximum Gasteiger partial charge on any atom is 0.221 e. The third-order valence-corrected chi connectivity index (χ3v) is 7.01. The maximum absolute atomic E-state index is 13.9. The van der Waals surface area contributed by atoms with Gasteiger partial charge in [0.15, 0.2) is 11.5 Å². The molecule has 4 aromatic carbocycles. The molecule has 5 nitrogen and oxygen atoms in total. The predicted molar refractivity (Wildman–Crippen MR) is 157 cm³/mol. The van der Waals surface area contributed by atoms with Gasteiger partial charge < -0.3 is 15.2 Å². The molecule has 0 aliphatic carbocycles. The van der Waals surface area contributed by atoms with E-state index in [1.54, 1.807) is 31.4 Å². The van der Waals surface area contributed by atoms with Crippen LogP contribution >= 0.6 is 11.6 Å². The zero-order valence-corrected chi connectivity index (χ0v) is 23.3. The molecule has 0 aliphatic heterocycles. The van der Waals surface area contributed by atoms with Gasteiger partial charge in [-0.2, -0.15) is 0 Å². The van der Waals surface area contributed by atoms with E-state index in [0.717, 1.165) is 30.6 Å². The van der Waals surface area contributed by atoms with Crippen molar-refractivity contribution in [3.63, 3.8) is 0 Å². The summed E-state index contributed by atoms with van der Waals surface area (Å²) in [6.45, 7) is 2.58. The van der Waals surface area contributed by atoms with Crippen molar-refractivity contribution in [2.45, 2.75) is 25.3 Å². The molecule has 0 atom stereocenters. The molecular weight excluding hydrogens is 527 g/mol. The number of benzene rings is 4. The molecule has 208 valence electrons. The highest BCUT2D eigenvalue weighted by atomic mass is 35.5. The molecular formula is C33H34ClFN2O3. The molecule has 7 heteroatoms. The van der Waals surface area contributed by atoms with Gasteiger partial charge in [0.05, 0.1) is 25.2 Å². The van der Waals surface area contributed by atoms with Crippen molar-refractivity contribution < 1.29 is 18.7 Å². The van der Waals surface area contributed by atoms with E-state index >= 15 is 0 Å². The van der Waals surface area contributed by atoms with Crippen molar-refractivity contribution >= 4 is 17.5 Å². The minimum Gasteiger partial charge on any atom is -0.493 e. The van der Waals surface area contributed by atoms with E-state index in [4.69, 9.17) is 26.8 Å². The van der Waals surface area contributed by atoms with E-state index in [0.29, 0.717) is 24.7 Å². The van der Waals surface area contributed by atoms with Gasteiger partial charge in [0, 0.05) is 25.6 Å². The summed E-state index contributed by atoms with van der Waals surface area (Å²) in [5.41, 5.74) is 9.49. The van der Waals surface area contributed by atoms with Gasteiger partial charge in [-0.3, -0.25) is 9.69 Å². The molecule has 0 fully saturated rings. The normalized spacial score (nSPS) is 11.1. The number of nitrogens with two attached hydrogens (primary N) is 1. The van der Waals surface area contributed by atoms with E-state index < -0.39 is 11.7 Å². The van der Waals surface area contributed by atoms with Gasteiger partial charge in [0.2, 0.25) is 5.91 Å². The number of rotatable bonds is 14. The number of methoxy groups -OCH3 is 1. The Morgan fingerprint density at radius 1 is 0.900 bits per heavy atom. The zero-order valence-electron chi connectivity index (χ0n) is 22.6. The minimum atomic E-state index is -0.424. The second kappa shape index (κ2) is 14.5. The van der Waals surface area contributed by atoms with Crippen molar-refractivity contribution in [1.29, 1.82) is 0 Å². The number of hydrogen-bond donors (Lipinski definition) is 1. The van der Waals surface area contributed by atoms with Gasteiger partial charge in [0.25, 0.3) is 0 Å². The highest BCUT2D eigenvalue weighted by Gasteiger charge is 2.19. The van der Waals surface area contributed by atoms with E-state index in [1.165, 1.54) is 17.2 Å². The van der Waals surface area contributed by atoms with Crippen LogP contribution < -0.4 is 15.2 Å². The summed E-state index contributed by atoms with van der Waals surface area (Å²) in [6, 6.07) is 31.2. The Labute approximate surface area is 240 Å². The molecule has 0 saturated heterocycles. The van der Waals surface area contributed by atoms with Gasteiger partial charge in [-0.15, -0.1) is 0 Å². The van der Waals surface area contributed by atoms with Gasteiger partial charge >= 0.3 is 0 Å². The van der Waals surface area contributed by atoms with Crippen molar-refractivity contribution in [1.82, 2.24) is 4.90 Å². The van der Waals surface area contributed by atoms with E-state index in [9.17, 15) is 9.18 Å². The summed E-state index contributed by atoms with van der Waals surface area (Å²) < 4.78 is 25.4. The number of halogens is 2. The number of primary amides is 1. The number of nitrogens with zero attached hydrogens (tertiary/aromatic N) is 1. The van der Waals surface area contributed by atoms with Gasteiger partial charge in [-0.05, 0) is 52.9 Å². The topological polar surface area (TPSA) is 64.8 Å². The van der Waals surface area contributed by atoms with Crippen molar-refractivity contribution in [3.05, 3.63) is 130 Å². The Morgan fingerprint density at radius 3 is 2.15 bits per heavy atom. The monoisotopic (exact) mass is 560 g/mol. The van der Waals surface area contributed by atoms with E-state index in [2.05, 4.69) is 53.4 Å². The summed E-state index contributed by atoms with van der Waals surface area (Å²) >= 11 is 6.11. The Balaban J connectivity index is 1.49. The van der Waals surface area contributed by atoms with Gasteiger partial charge in [-0.1, -0.05) is 84.4 Å². The SMILES string of the molecule is COc1cc(CC(N)=O)ccc1OCCCN(Cc1ccc(F)c(Cl)c1)CC(c1ccccc1)c1ccccc1. The van der Waals surface area contributed by atoms with E-state index in [-0.39, 0.29) is 17.4 Å². The van der Waals surface area contributed by atoms with Crippen LogP contribution in [0.1, 0.15) is 34.6 Å². The summed E-state index contributed by atoms with van der Waals surface area (Å²) in [5, 5.41) is 0.121.